The third kappa shape index (κ3) is 4.24. The van der Waals surface area contributed by atoms with Crippen LogP contribution in [0, 0.1) is 5.82 Å². The summed E-state index contributed by atoms with van der Waals surface area (Å²) in [7, 11) is 0. The number of halogens is 1. The van der Waals surface area contributed by atoms with E-state index in [4.69, 9.17) is 5.73 Å². The van der Waals surface area contributed by atoms with Crippen molar-refractivity contribution < 1.29 is 9.18 Å². The Labute approximate surface area is 173 Å². The largest absolute Gasteiger partial charge is 0.393 e. The molecule has 0 aliphatic carbocycles. The summed E-state index contributed by atoms with van der Waals surface area (Å²) < 4.78 is 13.0. The van der Waals surface area contributed by atoms with Crippen LogP contribution in [0.1, 0.15) is 10.4 Å². The summed E-state index contributed by atoms with van der Waals surface area (Å²) in [5.74, 6) is 0.0970. The number of nitrogens with one attached hydrogen (secondary N) is 2. The molecule has 2 aromatic carbocycles. The standard InChI is InChI=1S/C21H22FN7O/c22-16-8-6-15(7-9-16)21(30)27-26-19-18(23)20(25-14-24-19)29-12-10-28(11-13-29)17-4-2-1-3-5-17/h1-9,14H,10-13,23H2,(H,27,30)(H,24,25,26). The van der Waals surface area contributed by atoms with E-state index in [1.807, 2.05) is 18.2 Å². The topological polar surface area (TPSA) is 99.4 Å². The summed E-state index contributed by atoms with van der Waals surface area (Å²) in [6.45, 7) is 3.21. The zero-order valence-corrected chi connectivity index (χ0v) is 16.3. The maximum atomic E-state index is 13.0. The molecule has 4 rings (SSSR count). The molecule has 30 heavy (non-hydrogen) atoms. The van der Waals surface area contributed by atoms with E-state index in [0.717, 1.165) is 26.2 Å². The Kier molecular flexibility index (Phi) is 5.60. The van der Waals surface area contributed by atoms with E-state index in [2.05, 4.69) is 42.8 Å². The van der Waals surface area contributed by atoms with Gasteiger partial charge >= 0.3 is 0 Å². The number of rotatable bonds is 5. The molecule has 0 spiro atoms. The van der Waals surface area contributed by atoms with Crippen molar-refractivity contribution in [2.24, 2.45) is 0 Å². The van der Waals surface area contributed by atoms with Crippen LogP contribution in [0.4, 0.5) is 27.4 Å². The van der Waals surface area contributed by atoms with Crippen LogP contribution in [0.15, 0.2) is 60.9 Å². The van der Waals surface area contributed by atoms with Crippen LogP contribution in [-0.2, 0) is 0 Å². The van der Waals surface area contributed by atoms with Gasteiger partial charge in [-0.05, 0) is 36.4 Å². The van der Waals surface area contributed by atoms with Crippen LogP contribution in [0.5, 0.6) is 0 Å². The Morgan fingerprint density at radius 3 is 2.30 bits per heavy atom. The summed E-state index contributed by atoms with van der Waals surface area (Å²) in [5, 5.41) is 0. The fourth-order valence-electron chi connectivity index (χ4n) is 3.34. The number of para-hydroxylation sites is 1. The van der Waals surface area contributed by atoms with Gasteiger partial charge in [0.25, 0.3) is 5.91 Å². The van der Waals surface area contributed by atoms with Crippen LogP contribution in [0.3, 0.4) is 0 Å². The highest BCUT2D eigenvalue weighted by atomic mass is 19.1. The monoisotopic (exact) mass is 407 g/mol. The number of nitrogens with zero attached hydrogens (tertiary/aromatic N) is 4. The second kappa shape index (κ2) is 8.64. The molecule has 0 radical (unpaired) electrons. The summed E-state index contributed by atoms with van der Waals surface area (Å²) in [6, 6.07) is 15.5. The predicted octanol–water partition coefficient (Wildman–Crippen LogP) is 2.28. The molecule has 1 fully saturated rings. The van der Waals surface area contributed by atoms with E-state index in [1.165, 1.54) is 36.3 Å². The fourth-order valence-corrected chi connectivity index (χ4v) is 3.34. The number of carbonyl (C=O) groups excluding carboxylic acids is 1. The Balaban J connectivity index is 1.39. The van der Waals surface area contributed by atoms with Gasteiger partial charge in [-0.15, -0.1) is 0 Å². The Morgan fingerprint density at radius 1 is 0.933 bits per heavy atom. The number of hydrogen-bond acceptors (Lipinski definition) is 7. The number of carbonyl (C=O) groups is 1. The second-order valence-corrected chi connectivity index (χ2v) is 6.86. The molecule has 0 atom stereocenters. The SMILES string of the molecule is Nc1c(NNC(=O)c2ccc(F)cc2)ncnc1N1CCN(c2ccccc2)CC1. The Morgan fingerprint density at radius 2 is 1.60 bits per heavy atom. The normalized spacial score (nSPS) is 13.8. The Hall–Kier alpha value is -3.88. The smallest absolute Gasteiger partial charge is 0.269 e. The molecule has 1 aliphatic heterocycles. The van der Waals surface area contributed by atoms with E-state index in [1.54, 1.807) is 0 Å². The fraction of sp³-hybridized carbons (Fsp3) is 0.190. The van der Waals surface area contributed by atoms with Crippen molar-refractivity contribution in [2.45, 2.75) is 0 Å². The van der Waals surface area contributed by atoms with Crippen molar-refractivity contribution in [3.05, 3.63) is 72.3 Å². The van der Waals surface area contributed by atoms with E-state index in [0.29, 0.717) is 22.9 Å². The molecule has 1 aliphatic rings. The van der Waals surface area contributed by atoms with Crippen LogP contribution < -0.4 is 26.4 Å². The van der Waals surface area contributed by atoms with Gasteiger partial charge in [-0.1, -0.05) is 18.2 Å². The van der Waals surface area contributed by atoms with Crippen LogP contribution >= 0.6 is 0 Å². The van der Waals surface area contributed by atoms with Crippen molar-refractivity contribution in [2.75, 3.05) is 47.1 Å². The molecule has 154 valence electrons. The van der Waals surface area contributed by atoms with Gasteiger partial charge < -0.3 is 15.5 Å². The molecule has 8 nitrogen and oxygen atoms in total. The molecule has 3 aromatic rings. The summed E-state index contributed by atoms with van der Waals surface area (Å²) >= 11 is 0. The molecular weight excluding hydrogens is 385 g/mol. The minimum atomic E-state index is -0.425. The van der Waals surface area contributed by atoms with Crippen LogP contribution in [-0.4, -0.2) is 42.1 Å². The van der Waals surface area contributed by atoms with Crippen molar-refractivity contribution >= 4 is 28.9 Å². The van der Waals surface area contributed by atoms with Crippen LogP contribution in [0.2, 0.25) is 0 Å². The molecular formula is C21H22FN7O. The maximum Gasteiger partial charge on any atom is 0.269 e. The summed E-state index contributed by atoms with van der Waals surface area (Å²) in [5.41, 5.74) is 13.4. The molecule has 2 heterocycles. The maximum absolute atomic E-state index is 13.0. The summed E-state index contributed by atoms with van der Waals surface area (Å²) in [4.78, 5) is 25.1. The van der Waals surface area contributed by atoms with Gasteiger partial charge in [0.2, 0.25) is 0 Å². The van der Waals surface area contributed by atoms with Gasteiger partial charge in [-0.25, -0.2) is 14.4 Å². The first-order valence-electron chi connectivity index (χ1n) is 9.59. The lowest BCUT2D eigenvalue weighted by Gasteiger charge is -2.37. The molecule has 9 heteroatoms. The molecule has 1 saturated heterocycles. The molecule has 0 saturated carbocycles. The van der Waals surface area contributed by atoms with Gasteiger partial charge in [-0.3, -0.25) is 15.6 Å². The number of piperazine rings is 1. The lowest BCUT2D eigenvalue weighted by atomic mass is 10.2. The first-order chi connectivity index (χ1) is 14.6. The molecule has 4 N–H and O–H groups in total. The lowest BCUT2D eigenvalue weighted by molar-refractivity contribution is 0.0962. The predicted molar refractivity (Wildman–Crippen MR) is 115 cm³/mol. The highest BCUT2D eigenvalue weighted by Gasteiger charge is 2.21. The number of hydrogen-bond donors (Lipinski definition) is 3. The minimum absolute atomic E-state index is 0.306. The highest BCUT2D eigenvalue weighted by Crippen LogP contribution is 2.27. The lowest BCUT2D eigenvalue weighted by Crippen LogP contribution is -2.47. The number of nitrogens with two attached hydrogens (primary N) is 1. The minimum Gasteiger partial charge on any atom is -0.393 e. The number of aromatic nitrogens is 2. The second-order valence-electron chi connectivity index (χ2n) is 6.86. The van der Waals surface area contributed by atoms with Gasteiger partial charge in [-0.2, -0.15) is 0 Å². The van der Waals surface area contributed by atoms with Gasteiger partial charge in [0, 0.05) is 37.4 Å². The number of amides is 1. The number of benzene rings is 2. The van der Waals surface area contributed by atoms with Gasteiger partial charge in [0.1, 0.15) is 17.8 Å². The summed E-state index contributed by atoms with van der Waals surface area (Å²) in [6.07, 6.45) is 1.40. The number of hydrazine groups is 1. The zero-order valence-electron chi connectivity index (χ0n) is 16.3. The van der Waals surface area contributed by atoms with E-state index in [-0.39, 0.29) is 0 Å². The van der Waals surface area contributed by atoms with E-state index in [9.17, 15) is 9.18 Å². The van der Waals surface area contributed by atoms with Gasteiger partial charge in [0.15, 0.2) is 11.6 Å². The molecule has 0 bridgehead atoms. The molecule has 1 amide bonds. The van der Waals surface area contributed by atoms with Crippen molar-refractivity contribution in [3.63, 3.8) is 0 Å². The third-order valence-corrected chi connectivity index (χ3v) is 4.96. The highest BCUT2D eigenvalue weighted by molar-refractivity contribution is 5.95. The molecule has 1 aromatic heterocycles. The first kappa shape index (κ1) is 19.4. The first-order valence-corrected chi connectivity index (χ1v) is 9.59. The quantitative estimate of drug-likeness (QED) is 0.558. The molecule has 0 unspecified atom stereocenters. The third-order valence-electron chi connectivity index (χ3n) is 4.96. The number of nitrogen functional groups attached to an aromatic ring is 1. The van der Waals surface area contributed by atoms with Crippen molar-refractivity contribution in [1.82, 2.24) is 15.4 Å². The zero-order chi connectivity index (χ0) is 20.9. The average molecular weight is 407 g/mol. The Bertz CT molecular complexity index is 1010. The van der Waals surface area contributed by atoms with E-state index >= 15 is 0 Å². The number of anilines is 4. The average Bonchev–Trinajstić information content (AvgIpc) is 2.79. The van der Waals surface area contributed by atoms with Crippen LogP contribution in [0.25, 0.3) is 0 Å². The van der Waals surface area contributed by atoms with Gasteiger partial charge in [0.05, 0.1) is 0 Å². The van der Waals surface area contributed by atoms with Crippen molar-refractivity contribution in [3.8, 4) is 0 Å². The van der Waals surface area contributed by atoms with E-state index < -0.39 is 11.7 Å². The van der Waals surface area contributed by atoms with Crippen molar-refractivity contribution in [1.29, 1.82) is 0 Å².